The van der Waals surface area contributed by atoms with Gasteiger partial charge in [0.05, 0.1) is 0 Å². The zero-order chi connectivity index (χ0) is 35.8. The molecule has 0 atom stereocenters. The molecule has 10 aromatic rings. The number of thiazole rings is 6. The molecule has 0 radical (unpaired) electrons. The smallest absolute Gasteiger partial charge is 0.124 e. The molecule has 0 amide bonds. The Morgan fingerprint density at radius 3 is 0.630 bits per heavy atom. The Morgan fingerprint density at radius 1 is 0.222 bits per heavy atom. The van der Waals surface area contributed by atoms with E-state index in [2.05, 4.69) is 104 Å². The average molecular weight is 805 g/mol. The number of benzene rings is 4. The fourth-order valence-electron chi connectivity index (χ4n) is 6.73. The largest absolute Gasteiger partial charge is 0.245 e. The van der Waals surface area contributed by atoms with E-state index in [9.17, 15) is 0 Å². The maximum absolute atomic E-state index is 5.02. The zero-order valence-electron chi connectivity index (χ0n) is 28.0. The molecule has 10 rings (SSSR count). The molecule has 258 valence electrons. The van der Waals surface area contributed by atoms with Crippen LogP contribution >= 0.6 is 68.0 Å². The normalized spacial score (nSPS) is 11.3. The molecular formula is C42H24N6S6. The van der Waals surface area contributed by atoms with Gasteiger partial charge in [-0.25, -0.2) is 29.9 Å². The molecule has 0 aliphatic heterocycles. The molecule has 0 saturated carbocycles. The minimum absolute atomic E-state index is 0.925. The summed E-state index contributed by atoms with van der Waals surface area (Å²) in [6.07, 6.45) is 11.2. The first-order valence-electron chi connectivity index (χ1n) is 16.7. The highest BCUT2D eigenvalue weighted by atomic mass is 32.1. The van der Waals surface area contributed by atoms with Gasteiger partial charge in [-0.05, 0) is 16.7 Å². The molecule has 54 heavy (non-hydrogen) atoms. The van der Waals surface area contributed by atoms with Crippen molar-refractivity contribution in [2.45, 2.75) is 0 Å². The van der Waals surface area contributed by atoms with E-state index in [-0.39, 0.29) is 0 Å². The van der Waals surface area contributed by atoms with E-state index in [4.69, 9.17) is 15.0 Å². The predicted molar refractivity (Wildman–Crippen MR) is 229 cm³/mol. The lowest BCUT2D eigenvalue weighted by Gasteiger charge is -2.26. The van der Waals surface area contributed by atoms with Crippen molar-refractivity contribution in [3.63, 3.8) is 0 Å². The van der Waals surface area contributed by atoms with Gasteiger partial charge in [0, 0.05) is 120 Å². The molecule has 4 aromatic carbocycles. The highest BCUT2D eigenvalue weighted by Crippen LogP contribution is 2.56. The molecule has 6 aromatic heterocycles. The van der Waals surface area contributed by atoms with Crippen molar-refractivity contribution in [3.8, 4) is 96.8 Å². The van der Waals surface area contributed by atoms with Crippen molar-refractivity contribution < 1.29 is 0 Å². The van der Waals surface area contributed by atoms with Gasteiger partial charge < -0.3 is 0 Å². The molecule has 6 nitrogen and oxygen atoms in total. The lowest BCUT2D eigenvalue weighted by molar-refractivity contribution is 1.37. The first-order chi connectivity index (χ1) is 26.8. The minimum atomic E-state index is 0.925. The van der Waals surface area contributed by atoms with Gasteiger partial charge in [0.2, 0.25) is 0 Å². The Balaban J connectivity index is 1.35. The van der Waals surface area contributed by atoms with Crippen LogP contribution in [-0.2, 0) is 0 Å². The van der Waals surface area contributed by atoms with Crippen molar-refractivity contribution in [1.82, 2.24) is 29.9 Å². The summed E-state index contributed by atoms with van der Waals surface area (Å²) in [6, 6.07) is 26.3. The third kappa shape index (κ3) is 6.06. The third-order valence-corrected chi connectivity index (χ3v) is 13.8. The van der Waals surface area contributed by atoms with Crippen LogP contribution in [0, 0.1) is 0 Å². The molecule has 0 aliphatic rings. The van der Waals surface area contributed by atoms with Gasteiger partial charge in [0.25, 0.3) is 0 Å². The van der Waals surface area contributed by atoms with Gasteiger partial charge in [-0.2, -0.15) is 0 Å². The van der Waals surface area contributed by atoms with Crippen molar-refractivity contribution in [1.29, 1.82) is 0 Å². The van der Waals surface area contributed by atoms with Crippen molar-refractivity contribution in [2.75, 3.05) is 0 Å². The summed E-state index contributed by atoms with van der Waals surface area (Å²) in [4.78, 5) is 28.9. The fourth-order valence-corrected chi connectivity index (χ4v) is 10.8. The molecule has 6 heterocycles. The Labute approximate surface area is 334 Å². The topological polar surface area (TPSA) is 77.3 Å². The maximum Gasteiger partial charge on any atom is 0.124 e. The molecule has 0 bridgehead atoms. The van der Waals surface area contributed by atoms with Crippen molar-refractivity contribution in [3.05, 3.63) is 142 Å². The SMILES string of the molecule is c1csc(-c2ccc(-c3c(-c4nccs4)c(-c4ccc(-c5nccs5)cc4)c(-c4nccs4)c(-c4ccc(-c5nccs5)cc4)c3-c3nccs3)cc2)n1. The lowest BCUT2D eigenvalue weighted by atomic mass is 9.79. The summed E-state index contributed by atoms with van der Waals surface area (Å²) in [7, 11) is 0. The number of hydrogen-bond acceptors (Lipinski definition) is 12. The van der Waals surface area contributed by atoms with E-state index in [1.54, 1.807) is 68.0 Å². The molecule has 0 fully saturated rings. The summed E-state index contributed by atoms with van der Waals surface area (Å²) in [6.45, 7) is 0. The highest BCUT2D eigenvalue weighted by molar-refractivity contribution is 7.15. The number of rotatable bonds is 9. The third-order valence-electron chi connectivity index (χ3n) is 9.00. The Morgan fingerprint density at radius 2 is 0.426 bits per heavy atom. The van der Waals surface area contributed by atoms with E-state index < -0.39 is 0 Å². The Kier molecular flexibility index (Phi) is 8.91. The summed E-state index contributed by atoms with van der Waals surface area (Å²) < 4.78 is 0. The van der Waals surface area contributed by atoms with Crippen LogP contribution in [0.2, 0.25) is 0 Å². The van der Waals surface area contributed by atoms with Crippen LogP contribution in [-0.4, -0.2) is 29.9 Å². The first kappa shape index (κ1) is 33.2. The second-order valence-corrected chi connectivity index (χ2v) is 17.4. The molecule has 0 saturated heterocycles. The van der Waals surface area contributed by atoms with E-state index in [0.29, 0.717) is 0 Å². The van der Waals surface area contributed by atoms with Gasteiger partial charge in [-0.3, -0.25) is 0 Å². The van der Waals surface area contributed by atoms with E-state index in [1.165, 1.54) is 0 Å². The van der Waals surface area contributed by atoms with Crippen molar-refractivity contribution >= 4 is 68.0 Å². The van der Waals surface area contributed by atoms with E-state index in [1.807, 2.05) is 53.3 Å². The van der Waals surface area contributed by atoms with Crippen LogP contribution in [0.4, 0.5) is 0 Å². The molecular weight excluding hydrogens is 781 g/mol. The van der Waals surface area contributed by atoms with Crippen LogP contribution in [0.1, 0.15) is 0 Å². The van der Waals surface area contributed by atoms with Crippen LogP contribution in [0.15, 0.2) is 142 Å². The van der Waals surface area contributed by atoms with E-state index >= 15 is 0 Å². The zero-order valence-corrected chi connectivity index (χ0v) is 32.9. The molecule has 0 spiro atoms. The van der Waals surface area contributed by atoms with Crippen molar-refractivity contribution in [2.24, 2.45) is 0 Å². The summed E-state index contributed by atoms with van der Waals surface area (Å²) in [5.74, 6) is 0. The number of nitrogens with zero attached hydrogens (tertiary/aromatic N) is 6. The number of hydrogen-bond donors (Lipinski definition) is 0. The van der Waals surface area contributed by atoms with Crippen LogP contribution in [0.5, 0.6) is 0 Å². The van der Waals surface area contributed by atoms with Gasteiger partial charge in [0.15, 0.2) is 0 Å². The standard InChI is InChI=1S/C42H24N6S6/c1-7-28(37-43-13-19-49-37)8-2-25(1)31-34(40-46-16-22-52-40)32(26-3-9-29(10-4-26)38-44-14-20-50-38)36(42-48-18-24-54-42)33(35(31)41-47-17-23-53-41)27-5-11-30(12-6-27)39-45-15-21-51-39/h1-24H. The van der Waals surface area contributed by atoms with Gasteiger partial charge in [0.1, 0.15) is 30.0 Å². The van der Waals surface area contributed by atoms with Crippen LogP contribution < -0.4 is 0 Å². The summed E-state index contributed by atoms with van der Waals surface area (Å²) in [5, 5.41) is 17.9. The average Bonchev–Trinajstić information content (AvgIpc) is 4.08. The second kappa shape index (κ2) is 14.5. The molecule has 0 N–H and O–H groups in total. The summed E-state index contributed by atoms with van der Waals surface area (Å²) in [5.41, 5.74) is 12.8. The minimum Gasteiger partial charge on any atom is -0.245 e. The predicted octanol–water partition coefficient (Wildman–Crippen LogP) is 13.4. The van der Waals surface area contributed by atoms with Gasteiger partial charge in [-0.1, -0.05) is 72.8 Å². The Hall–Kier alpha value is -5.34. The van der Waals surface area contributed by atoms with Crippen LogP contribution in [0.3, 0.4) is 0 Å². The second-order valence-electron chi connectivity index (χ2n) is 12.0. The lowest BCUT2D eigenvalue weighted by Crippen LogP contribution is -2.02. The Bertz CT molecular complexity index is 2430. The van der Waals surface area contributed by atoms with Crippen LogP contribution in [0.25, 0.3) is 96.8 Å². The first-order valence-corrected chi connectivity index (χ1v) is 22.0. The van der Waals surface area contributed by atoms with E-state index in [0.717, 1.165) is 96.8 Å². The molecule has 0 aliphatic carbocycles. The summed E-state index contributed by atoms with van der Waals surface area (Å²) >= 11 is 9.84. The highest BCUT2D eigenvalue weighted by Gasteiger charge is 2.32. The monoisotopic (exact) mass is 804 g/mol. The quantitative estimate of drug-likeness (QED) is 0.145. The maximum atomic E-state index is 5.02. The molecule has 0 unspecified atom stereocenters. The number of aromatic nitrogens is 6. The fraction of sp³-hybridized carbons (Fsp3) is 0. The molecule has 12 heteroatoms. The van der Waals surface area contributed by atoms with Gasteiger partial charge in [-0.15, -0.1) is 68.0 Å². The van der Waals surface area contributed by atoms with Gasteiger partial charge >= 0.3 is 0 Å².